The first-order chi connectivity index (χ1) is 12.2. The Bertz CT molecular complexity index is 719. The number of para-hydroxylation sites is 2. The van der Waals surface area contributed by atoms with Crippen LogP contribution < -0.4 is 20.1 Å². The summed E-state index contributed by atoms with van der Waals surface area (Å²) in [6, 6.07) is 11.8. The maximum absolute atomic E-state index is 6.30. The fraction of sp³-hybridized carbons (Fsp3) is 0.368. The lowest BCUT2D eigenvalue weighted by Gasteiger charge is -2.16. The number of methoxy groups -OCH3 is 1. The van der Waals surface area contributed by atoms with Crippen molar-refractivity contribution in [3.8, 4) is 11.5 Å². The van der Waals surface area contributed by atoms with Crippen molar-refractivity contribution in [2.75, 3.05) is 25.6 Å². The zero-order valence-electron chi connectivity index (χ0n) is 14.1. The Morgan fingerprint density at radius 1 is 1.12 bits per heavy atom. The van der Waals surface area contributed by atoms with Crippen molar-refractivity contribution in [2.24, 2.45) is 0 Å². The molecule has 0 spiro atoms. The first kappa shape index (κ1) is 18.2. The molecule has 2 N–H and O–H groups in total. The maximum atomic E-state index is 6.30. The van der Waals surface area contributed by atoms with Crippen molar-refractivity contribution in [2.45, 2.75) is 25.3 Å². The predicted octanol–water partition coefficient (Wildman–Crippen LogP) is 5.27. The van der Waals surface area contributed by atoms with Crippen LogP contribution >= 0.6 is 23.2 Å². The van der Waals surface area contributed by atoms with E-state index in [1.165, 1.54) is 12.8 Å². The van der Waals surface area contributed by atoms with Crippen LogP contribution in [0.1, 0.15) is 19.3 Å². The summed E-state index contributed by atoms with van der Waals surface area (Å²) in [6.07, 6.45) is 3.48. The van der Waals surface area contributed by atoms with Crippen molar-refractivity contribution >= 4 is 34.6 Å². The van der Waals surface area contributed by atoms with E-state index in [-0.39, 0.29) is 0 Å². The molecular formula is C19H22Cl2N2O2. The third kappa shape index (κ3) is 4.72. The van der Waals surface area contributed by atoms with E-state index in [4.69, 9.17) is 32.7 Å². The van der Waals surface area contributed by atoms with E-state index < -0.39 is 0 Å². The van der Waals surface area contributed by atoms with Crippen LogP contribution in [0.2, 0.25) is 10.0 Å². The van der Waals surface area contributed by atoms with E-state index in [1.54, 1.807) is 19.2 Å². The highest BCUT2D eigenvalue weighted by Crippen LogP contribution is 2.37. The van der Waals surface area contributed by atoms with Crippen LogP contribution in [0.15, 0.2) is 36.4 Å². The first-order valence-electron chi connectivity index (χ1n) is 8.42. The molecule has 0 radical (unpaired) electrons. The normalized spacial score (nSPS) is 16.7. The van der Waals surface area contributed by atoms with Crippen LogP contribution in [0.25, 0.3) is 0 Å². The van der Waals surface area contributed by atoms with Crippen molar-refractivity contribution in [3.05, 3.63) is 46.4 Å². The van der Waals surface area contributed by atoms with E-state index in [1.807, 2.05) is 24.3 Å². The van der Waals surface area contributed by atoms with Crippen LogP contribution in [-0.4, -0.2) is 26.3 Å². The molecule has 1 heterocycles. The van der Waals surface area contributed by atoms with Gasteiger partial charge in [-0.15, -0.1) is 0 Å². The number of halogens is 2. The Morgan fingerprint density at radius 2 is 1.96 bits per heavy atom. The third-order valence-corrected chi connectivity index (χ3v) is 4.89. The van der Waals surface area contributed by atoms with Gasteiger partial charge in [-0.2, -0.15) is 0 Å². The molecule has 6 heteroatoms. The van der Waals surface area contributed by atoms with E-state index >= 15 is 0 Å². The van der Waals surface area contributed by atoms with E-state index in [9.17, 15) is 0 Å². The van der Waals surface area contributed by atoms with E-state index in [0.29, 0.717) is 28.4 Å². The van der Waals surface area contributed by atoms with Gasteiger partial charge in [-0.25, -0.2) is 0 Å². The van der Waals surface area contributed by atoms with E-state index in [0.717, 1.165) is 30.1 Å². The molecule has 3 rings (SSSR count). The van der Waals surface area contributed by atoms with Crippen molar-refractivity contribution in [3.63, 3.8) is 0 Å². The van der Waals surface area contributed by atoms with Gasteiger partial charge < -0.3 is 20.1 Å². The van der Waals surface area contributed by atoms with Gasteiger partial charge in [0.05, 0.1) is 35.1 Å². The zero-order valence-corrected chi connectivity index (χ0v) is 15.7. The number of ether oxygens (including phenoxy) is 2. The minimum absolute atomic E-state index is 0.478. The monoisotopic (exact) mass is 380 g/mol. The maximum Gasteiger partial charge on any atom is 0.142 e. The van der Waals surface area contributed by atoms with Gasteiger partial charge in [0.1, 0.15) is 11.5 Å². The second-order valence-electron chi connectivity index (χ2n) is 6.02. The summed E-state index contributed by atoms with van der Waals surface area (Å²) in [5.74, 6) is 1.37. The highest BCUT2D eigenvalue weighted by Gasteiger charge is 2.14. The molecule has 0 bridgehead atoms. The predicted molar refractivity (Wildman–Crippen MR) is 104 cm³/mol. The molecule has 0 aliphatic carbocycles. The number of rotatable bonds is 7. The lowest BCUT2D eigenvalue weighted by Crippen LogP contribution is -2.23. The molecule has 25 heavy (non-hydrogen) atoms. The number of hydrogen-bond acceptors (Lipinski definition) is 4. The lowest BCUT2D eigenvalue weighted by atomic mass is 10.2. The second kappa shape index (κ2) is 8.65. The molecule has 0 aromatic heterocycles. The summed E-state index contributed by atoms with van der Waals surface area (Å²) in [5.41, 5.74) is 1.57. The molecular weight excluding hydrogens is 359 g/mol. The Kier molecular flexibility index (Phi) is 6.29. The summed E-state index contributed by atoms with van der Waals surface area (Å²) in [5, 5.41) is 7.80. The first-order valence-corrected chi connectivity index (χ1v) is 9.18. The molecule has 4 nitrogen and oxygen atoms in total. The van der Waals surface area contributed by atoms with Gasteiger partial charge >= 0.3 is 0 Å². The molecule has 1 atom stereocenters. The number of anilines is 2. The molecule has 2 aromatic carbocycles. The summed E-state index contributed by atoms with van der Waals surface area (Å²) in [7, 11) is 1.58. The molecule has 1 aliphatic rings. The highest BCUT2D eigenvalue weighted by atomic mass is 35.5. The van der Waals surface area contributed by atoms with Crippen molar-refractivity contribution in [1.29, 1.82) is 0 Å². The molecule has 2 aromatic rings. The van der Waals surface area contributed by atoms with Crippen molar-refractivity contribution in [1.82, 2.24) is 5.32 Å². The van der Waals surface area contributed by atoms with Crippen molar-refractivity contribution < 1.29 is 9.47 Å². The number of hydrogen-bond donors (Lipinski definition) is 2. The summed E-state index contributed by atoms with van der Waals surface area (Å²) in [6.45, 7) is 1.79. The smallest absolute Gasteiger partial charge is 0.142 e. The molecule has 1 saturated heterocycles. The Hall–Kier alpha value is -1.62. The van der Waals surface area contributed by atoms with Gasteiger partial charge in [0, 0.05) is 12.1 Å². The van der Waals surface area contributed by atoms with Gasteiger partial charge in [0.2, 0.25) is 0 Å². The molecule has 0 amide bonds. The Morgan fingerprint density at radius 3 is 2.72 bits per heavy atom. The Balaban J connectivity index is 1.70. The molecule has 0 saturated carbocycles. The van der Waals surface area contributed by atoms with E-state index in [2.05, 4.69) is 10.6 Å². The minimum atomic E-state index is 0.478. The Labute approximate surface area is 158 Å². The highest BCUT2D eigenvalue weighted by molar-refractivity contribution is 6.37. The largest absolute Gasteiger partial charge is 0.495 e. The van der Waals surface area contributed by atoms with Crippen LogP contribution in [0, 0.1) is 0 Å². The van der Waals surface area contributed by atoms with Crippen LogP contribution in [0.5, 0.6) is 11.5 Å². The topological polar surface area (TPSA) is 42.5 Å². The SMILES string of the molecule is COc1cc(Nc2ccccc2OCCC2CCCN2)c(Cl)cc1Cl. The molecule has 1 unspecified atom stereocenters. The second-order valence-corrected chi connectivity index (χ2v) is 6.83. The summed E-state index contributed by atoms with van der Waals surface area (Å²) >= 11 is 12.4. The van der Waals surface area contributed by atoms with Gasteiger partial charge in [-0.3, -0.25) is 0 Å². The fourth-order valence-corrected chi connectivity index (χ4v) is 3.44. The van der Waals surface area contributed by atoms with Crippen LogP contribution in [-0.2, 0) is 0 Å². The fourth-order valence-electron chi connectivity index (χ4n) is 2.94. The van der Waals surface area contributed by atoms with Gasteiger partial charge in [0.15, 0.2) is 0 Å². The summed E-state index contributed by atoms with van der Waals surface area (Å²) in [4.78, 5) is 0. The summed E-state index contributed by atoms with van der Waals surface area (Å²) < 4.78 is 11.3. The standard InChI is InChI=1S/C19H22Cl2N2O2/c1-24-19-12-17(14(20)11-15(19)21)23-16-6-2-3-7-18(16)25-10-8-13-5-4-9-22-13/h2-3,6-7,11-13,22-23H,4-5,8-10H2,1H3. The van der Waals surface area contributed by atoms with Crippen LogP contribution in [0.3, 0.4) is 0 Å². The quantitative estimate of drug-likeness (QED) is 0.686. The zero-order chi connectivity index (χ0) is 17.6. The van der Waals surface area contributed by atoms with Gasteiger partial charge in [0.25, 0.3) is 0 Å². The number of benzene rings is 2. The molecule has 1 fully saturated rings. The van der Waals surface area contributed by atoms with Gasteiger partial charge in [-0.05, 0) is 44.0 Å². The lowest BCUT2D eigenvalue weighted by molar-refractivity contribution is 0.293. The average Bonchev–Trinajstić information content (AvgIpc) is 3.12. The third-order valence-electron chi connectivity index (χ3n) is 4.28. The molecule has 1 aliphatic heterocycles. The van der Waals surface area contributed by atoms with Gasteiger partial charge in [-0.1, -0.05) is 35.3 Å². The molecule has 134 valence electrons. The van der Waals surface area contributed by atoms with Crippen LogP contribution in [0.4, 0.5) is 11.4 Å². The average molecular weight is 381 g/mol. The minimum Gasteiger partial charge on any atom is -0.495 e. The number of nitrogens with one attached hydrogen (secondary N) is 2.